The normalized spacial score (nSPS) is 14.6. The van der Waals surface area contributed by atoms with Crippen LogP contribution in [0.3, 0.4) is 0 Å². The van der Waals surface area contributed by atoms with E-state index in [1.54, 1.807) is 0 Å². The molecule has 0 aromatic heterocycles. The minimum atomic E-state index is -0.715. The molecule has 0 saturated heterocycles. The van der Waals surface area contributed by atoms with Crippen LogP contribution in [-0.4, -0.2) is 17.5 Å². The first kappa shape index (κ1) is 8.21. The van der Waals surface area contributed by atoms with Gasteiger partial charge in [0.2, 0.25) is 0 Å². The van der Waals surface area contributed by atoms with Gasteiger partial charge in [-0.1, -0.05) is 25.4 Å². The fourth-order valence-electron chi connectivity index (χ4n) is 0.257. The van der Waals surface area contributed by atoms with Crippen molar-refractivity contribution in [3.63, 3.8) is 0 Å². The van der Waals surface area contributed by atoms with Crippen molar-refractivity contribution in [2.75, 3.05) is 6.07 Å². The molecule has 0 saturated carbocycles. The highest BCUT2D eigenvalue weighted by Gasteiger charge is 2.06. The van der Waals surface area contributed by atoms with Gasteiger partial charge in [0.1, 0.15) is 6.07 Å². The lowest BCUT2D eigenvalue weighted by Crippen LogP contribution is -2.17. The number of aliphatic hydroxyl groups is 1. The Balaban J connectivity index is 3.17. The van der Waals surface area contributed by atoms with Crippen LogP contribution in [-0.2, 0) is 4.74 Å². The smallest absolute Gasteiger partial charge is 0.158 e. The minimum Gasteiger partial charge on any atom is -0.368 e. The van der Waals surface area contributed by atoms with Crippen LogP contribution in [0.15, 0.2) is 0 Å². The fraction of sp³-hybridized carbons (Fsp3) is 1.00. The average molecular weight is 139 g/mol. The second-order valence-electron chi connectivity index (χ2n) is 1.91. The Morgan fingerprint density at radius 3 is 2.25 bits per heavy atom. The molecule has 0 aliphatic rings. The molecule has 1 N–H and O–H groups in total. The molecule has 1 unspecified atom stereocenters. The Bertz CT molecular complexity index is 56.4. The van der Waals surface area contributed by atoms with E-state index >= 15 is 0 Å². The van der Waals surface area contributed by atoms with Gasteiger partial charge in [0.15, 0.2) is 6.29 Å². The molecule has 0 spiro atoms. The molecule has 0 heterocycles. The SMILES string of the molecule is CC(C)C(O)OCCl. The molecule has 0 bridgehead atoms. The Morgan fingerprint density at radius 1 is 1.62 bits per heavy atom. The maximum Gasteiger partial charge on any atom is 0.158 e. The van der Waals surface area contributed by atoms with E-state index in [2.05, 4.69) is 4.74 Å². The maximum absolute atomic E-state index is 8.82. The summed E-state index contributed by atoms with van der Waals surface area (Å²) in [5, 5.41) is 8.82. The Morgan fingerprint density at radius 2 is 2.12 bits per heavy atom. The molecule has 0 aromatic rings. The fourth-order valence-corrected chi connectivity index (χ4v) is 0.386. The number of hydrogen-bond acceptors (Lipinski definition) is 2. The number of halogens is 1. The van der Waals surface area contributed by atoms with Crippen molar-refractivity contribution in [2.24, 2.45) is 5.92 Å². The van der Waals surface area contributed by atoms with Crippen molar-refractivity contribution in [1.29, 1.82) is 0 Å². The number of hydrogen-bond donors (Lipinski definition) is 1. The van der Waals surface area contributed by atoms with E-state index in [0.29, 0.717) is 0 Å². The van der Waals surface area contributed by atoms with E-state index in [4.69, 9.17) is 16.7 Å². The van der Waals surface area contributed by atoms with Crippen LogP contribution in [0.25, 0.3) is 0 Å². The molecular weight excluding hydrogens is 128 g/mol. The van der Waals surface area contributed by atoms with Crippen LogP contribution < -0.4 is 0 Å². The molecular formula is C5H11ClO2. The van der Waals surface area contributed by atoms with Gasteiger partial charge in [0.05, 0.1) is 0 Å². The molecule has 0 radical (unpaired) electrons. The van der Waals surface area contributed by atoms with Crippen molar-refractivity contribution >= 4 is 11.6 Å². The zero-order valence-electron chi connectivity index (χ0n) is 5.10. The van der Waals surface area contributed by atoms with Gasteiger partial charge in [-0.05, 0) is 0 Å². The van der Waals surface area contributed by atoms with E-state index in [-0.39, 0.29) is 12.0 Å². The Hall–Kier alpha value is 0.210. The molecule has 0 fully saturated rings. The van der Waals surface area contributed by atoms with Gasteiger partial charge in [0, 0.05) is 5.92 Å². The lowest BCUT2D eigenvalue weighted by molar-refractivity contribution is -0.110. The van der Waals surface area contributed by atoms with Crippen molar-refractivity contribution in [3.05, 3.63) is 0 Å². The molecule has 3 heteroatoms. The van der Waals surface area contributed by atoms with Crippen molar-refractivity contribution < 1.29 is 9.84 Å². The van der Waals surface area contributed by atoms with Gasteiger partial charge in [-0.25, -0.2) is 0 Å². The predicted octanol–water partition coefficient (Wildman–Crippen LogP) is 1.17. The van der Waals surface area contributed by atoms with E-state index < -0.39 is 6.29 Å². The van der Waals surface area contributed by atoms with Gasteiger partial charge in [-0.3, -0.25) is 0 Å². The van der Waals surface area contributed by atoms with Crippen molar-refractivity contribution in [3.8, 4) is 0 Å². The molecule has 0 rings (SSSR count). The Kier molecular flexibility index (Phi) is 4.23. The topological polar surface area (TPSA) is 29.5 Å². The van der Waals surface area contributed by atoms with Gasteiger partial charge in [0.25, 0.3) is 0 Å². The van der Waals surface area contributed by atoms with Gasteiger partial charge >= 0.3 is 0 Å². The number of rotatable bonds is 3. The van der Waals surface area contributed by atoms with Crippen LogP contribution in [0.5, 0.6) is 0 Å². The highest BCUT2D eigenvalue weighted by molar-refractivity contribution is 6.17. The molecule has 0 aliphatic carbocycles. The van der Waals surface area contributed by atoms with Crippen LogP contribution in [0, 0.1) is 5.92 Å². The van der Waals surface area contributed by atoms with Crippen LogP contribution in [0.2, 0.25) is 0 Å². The van der Waals surface area contributed by atoms with Gasteiger partial charge in [-0.2, -0.15) is 0 Å². The highest BCUT2D eigenvalue weighted by atomic mass is 35.5. The summed E-state index contributed by atoms with van der Waals surface area (Å²) >= 11 is 5.16. The summed E-state index contributed by atoms with van der Waals surface area (Å²) in [6.07, 6.45) is -0.715. The zero-order valence-corrected chi connectivity index (χ0v) is 5.85. The first-order chi connectivity index (χ1) is 3.68. The largest absolute Gasteiger partial charge is 0.368 e. The summed E-state index contributed by atoms with van der Waals surface area (Å²) in [6, 6.07) is 0.0549. The van der Waals surface area contributed by atoms with Gasteiger partial charge in [-0.15, -0.1) is 0 Å². The molecule has 8 heavy (non-hydrogen) atoms. The third-order valence-electron chi connectivity index (χ3n) is 0.804. The van der Waals surface area contributed by atoms with E-state index in [1.807, 2.05) is 13.8 Å². The summed E-state index contributed by atoms with van der Waals surface area (Å²) < 4.78 is 4.62. The van der Waals surface area contributed by atoms with Crippen LogP contribution in [0.1, 0.15) is 13.8 Å². The molecule has 1 atom stereocenters. The lowest BCUT2D eigenvalue weighted by atomic mass is 10.2. The third-order valence-corrected chi connectivity index (χ3v) is 0.930. The van der Waals surface area contributed by atoms with Crippen molar-refractivity contribution in [2.45, 2.75) is 20.1 Å². The number of ether oxygens (including phenoxy) is 1. The van der Waals surface area contributed by atoms with Crippen LogP contribution in [0.4, 0.5) is 0 Å². The molecule has 0 aromatic carbocycles. The third kappa shape index (κ3) is 3.24. The maximum atomic E-state index is 8.82. The summed E-state index contributed by atoms with van der Waals surface area (Å²) in [7, 11) is 0. The summed E-state index contributed by atoms with van der Waals surface area (Å²) in [5.41, 5.74) is 0. The van der Waals surface area contributed by atoms with E-state index in [9.17, 15) is 0 Å². The molecule has 2 nitrogen and oxygen atoms in total. The van der Waals surface area contributed by atoms with E-state index in [0.717, 1.165) is 0 Å². The molecule has 50 valence electrons. The standard InChI is InChI=1S/C5H11ClO2/c1-4(2)5(7)8-3-6/h4-5,7H,3H2,1-2H3. The summed E-state index contributed by atoms with van der Waals surface area (Å²) in [5.74, 6) is 0.119. The average Bonchev–Trinajstić information content (AvgIpc) is 1.67. The summed E-state index contributed by atoms with van der Waals surface area (Å²) in [6.45, 7) is 3.72. The second-order valence-corrected chi connectivity index (χ2v) is 2.13. The quantitative estimate of drug-likeness (QED) is 0.469. The number of aliphatic hydroxyl groups excluding tert-OH is 1. The van der Waals surface area contributed by atoms with Crippen LogP contribution >= 0.6 is 11.6 Å². The second kappa shape index (κ2) is 4.13. The first-order valence-electron chi connectivity index (χ1n) is 2.54. The Labute approximate surface area is 54.4 Å². The zero-order chi connectivity index (χ0) is 6.57. The summed E-state index contributed by atoms with van der Waals surface area (Å²) in [4.78, 5) is 0. The first-order valence-corrected chi connectivity index (χ1v) is 3.07. The monoisotopic (exact) mass is 138 g/mol. The number of alkyl halides is 1. The predicted molar refractivity (Wildman–Crippen MR) is 32.6 cm³/mol. The highest BCUT2D eigenvalue weighted by Crippen LogP contribution is 2.02. The minimum absolute atomic E-state index is 0.0549. The molecule has 0 amide bonds. The van der Waals surface area contributed by atoms with Crippen molar-refractivity contribution in [1.82, 2.24) is 0 Å². The molecule has 0 aliphatic heterocycles. The van der Waals surface area contributed by atoms with Gasteiger partial charge < -0.3 is 9.84 Å². The van der Waals surface area contributed by atoms with E-state index in [1.165, 1.54) is 0 Å². The lowest BCUT2D eigenvalue weighted by Gasteiger charge is -2.11.